The molecule has 0 spiro atoms. The van der Waals surface area contributed by atoms with Crippen molar-refractivity contribution in [1.29, 1.82) is 0 Å². The molecule has 3 N–H and O–H groups in total. The average Bonchev–Trinajstić information content (AvgIpc) is 3.61. The Hall–Kier alpha value is -5.33. The van der Waals surface area contributed by atoms with Crippen LogP contribution >= 0.6 is 0 Å². The van der Waals surface area contributed by atoms with E-state index < -0.39 is 0 Å². The second-order valence-electron chi connectivity index (χ2n) is 17.8. The lowest BCUT2D eigenvalue weighted by Crippen LogP contribution is -2.55. The lowest BCUT2D eigenvalue weighted by molar-refractivity contribution is 0.0404. The summed E-state index contributed by atoms with van der Waals surface area (Å²) >= 11 is 0. The number of hydrogen-bond acceptors (Lipinski definition) is 5. The van der Waals surface area contributed by atoms with Crippen molar-refractivity contribution in [2.24, 2.45) is 0 Å². The van der Waals surface area contributed by atoms with E-state index in [1.54, 1.807) is 5.57 Å². The van der Waals surface area contributed by atoms with Gasteiger partial charge in [-0.2, -0.15) is 0 Å². The van der Waals surface area contributed by atoms with Crippen LogP contribution in [0, 0.1) is 6.92 Å². The van der Waals surface area contributed by atoms with Gasteiger partial charge in [0.25, 0.3) is 0 Å². The largest absolute Gasteiger partial charge is 0.379 e. The lowest BCUT2D eigenvalue weighted by atomic mass is 9.76. The Labute approximate surface area is 338 Å². The summed E-state index contributed by atoms with van der Waals surface area (Å²) in [6.07, 6.45) is 13.2. The molecular weight excluding hydrogens is 695 g/mol. The van der Waals surface area contributed by atoms with Crippen LogP contribution in [0.3, 0.4) is 0 Å². The number of pyridine rings is 1. The van der Waals surface area contributed by atoms with Gasteiger partial charge in [-0.15, -0.1) is 0 Å². The van der Waals surface area contributed by atoms with Crippen molar-refractivity contribution in [3.05, 3.63) is 183 Å². The second-order valence-corrected chi connectivity index (χ2v) is 17.8. The van der Waals surface area contributed by atoms with E-state index in [1.165, 1.54) is 55.6 Å². The van der Waals surface area contributed by atoms with Gasteiger partial charge < -0.3 is 5.32 Å². The fourth-order valence-corrected chi connectivity index (χ4v) is 10.8. The van der Waals surface area contributed by atoms with Gasteiger partial charge in [0.1, 0.15) is 0 Å². The summed E-state index contributed by atoms with van der Waals surface area (Å²) in [6, 6.07) is 36.5. The van der Waals surface area contributed by atoms with Gasteiger partial charge >= 0.3 is 0 Å². The summed E-state index contributed by atoms with van der Waals surface area (Å²) in [5, 5.41) is 12.2. The number of dihydropyridines is 1. The van der Waals surface area contributed by atoms with E-state index in [1.807, 2.05) is 0 Å². The van der Waals surface area contributed by atoms with Gasteiger partial charge in [-0.25, -0.2) is 0 Å². The van der Waals surface area contributed by atoms with Crippen LogP contribution in [0.15, 0.2) is 133 Å². The van der Waals surface area contributed by atoms with E-state index in [4.69, 9.17) is 4.98 Å². The molecule has 10 rings (SSSR count). The number of nitrogens with zero attached hydrogens (tertiary/aromatic N) is 2. The van der Waals surface area contributed by atoms with E-state index in [-0.39, 0.29) is 35.4 Å². The summed E-state index contributed by atoms with van der Waals surface area (Å²) in [5.74, 6) is 0. The molecule has 5 aliphatic rings. The first-order valence-electron chi connectivity index (χ1n) is 20.8. The van der Waals surface area contributed by atoms with Crippen LogP contribution in [-0.4, -0.2) is 23.0 Å². The maximum atomic E-state index is 5.03. The smallest absolute Gasteiger partial charge is 0.0891 e. The van der Waals surface area contributed by atoms with Crippen LogP contribution in [-0.2, 0) is 10.8 Å². The van der Waals surface area contributed by atoms with Gasteiger partial charge in [-0.3, -0.25) is 20.5 Å². The predicted octanol–water partition coefficient (Wildman–Crippen LogP) is 11.2. The fourth-order valence-electron chi connectivity index (χ4n) is 10.8. The molecule has 3 aliphatic carbocycles. The van der Waals surface area contributed by atoms with Crippen molar-refractivity contribution in [2.75, 3.05) is 7.05 Å². The summed E-state index contributed by atoms with van der Waals surface area (Å²) in [7, 11) is 2.29. The van der Waals surface area contributed by atoms with Gasteiger partial charge in [0.2, 0.25) is 0 Å². The van der Waals surface area contributed by atoms with Crippen molar-refractivity contribution in [3.8, 4) is 22.4 Å². The van der Waals surface area contributed by atoms with E-state index in [9.17, 15) is 0 Å². The molecule has 5 aromatic rings. The Kier molecular flexibility index (Phi) is 8.46. The molecule has 1 saturated heterocycles. The third kappa shape index (κ3) is 5.73. The molecule has 3 heterocycles. The Morgan fingerprint density at radius 2 is 1.46 bits per heavy atom. The van der Waals surface area contributed by atoms with Crippen molar-refractivity contribution in [2.45, 2.75) is 89.8 Å². The maximum Gasteiger partial charge on any atom is 0.0891 e. The number of aromatic nitrogens is 1. The number of benzene rings is 4. The first-order chi connectivity index (χ1) is 27.5. The molecule has 0 amide bonds. The Balaban J connectivity index is 1.16. The van der Waals surface area contributed by atoms with Crippen LogP contribution < -0.4 is 16.0 Å². The molecule has 286 valence electrons. The topological polar surface area (TPSA) is 52.2 Å². The summed E-state index contributed by atoms with van der Waals surface area (Å²) in [6.45, 7) is 14.0. The van der Waals surface area contributed by atoms with Gasteiger partial charge in [0.05, 0.1) is 24.2 Å². The van der Waals surface area contributed by atoms with Crippen molar-refractivity contribution < 1.29 is 0 Å². The molecule has 0 bridgehead atoms. The number of allylic oxidation sites excluding steroid dienone is 6. The molecule has 2 aliphatic heterocycles. The number of fused-ring (bicyclic) bond motifs is 5. The van der Waals surface area contributed by atoms with Gasteiger partial charge in [0, 0.05) is 33.8 Å². The van der Waals surface area contributed by atoms with E-state index in [0.717, 1.165) is 41.1 Å². The molecule has 4 atom stereocenters. The minimum Gasteiger partial charge on any atom is -0.379 e. The van der Waals surface area contributed by atoms with Crippen LogP contribution in [0.25, 0.3) is 33.7 Å². The van der Waals surface area contributed by atoms with E-state index >= 15 is 0 Å². The van der Waals surface area contributed by atoms with Crippen molar-refractivity contribution in [3.63, 3.8) is 0 Å². The Morgan fingerprint density at radius 1 is 0.737 bits per heavy atom. The second kappa shape index (κ2) is 13.4. The lowest BCUT2D eigenvalue weighted by Gasteiger charge is -2.47. The highest BCUT2D eigenvalue weighted by Gasteiger charge is 2.45. The zero-order chi connectivity index (χ0) is 39.2. The minimum absolute atomic E-state index is 0.0741. The van der Waals surface area contributed by atoms with Crippen LogP contribution in [0.5, 0.6) is 0 Å². The van der Waals surface area contributed by atoms with Gasteiger partial charge in [-0.05, 0) is 131 Å². The quantitative estimate of drug-likeness (QED) is 0.167. The predicted molar refractivity (Wildman–Crippen MR) is 235 cm³/mol. The molecule has 57 heavy (non-hydrogen) atoms. The first kappa shape index (κ1) is 36.0. The van der Waals surface area contributed by atoms with Gasteiger partial charge in [0.15, 0.2) is 0 Å². The van der Waals surface area contributed by atoms with Crippen LogP contribution in [0.1, 0.15) is 116 Å². The third-order valence-corrected chi connectivity index (χ3v) is 13.4. The molecular formula is C52H53N5. The van der Waals surface area contributed by atoms with E-state index in [2.05, 4.69) is 197 Å². The standard InChI is InChI=1S/C52H53N5/c1-31-16-12-26-44(53-31)33-28-34(45-27-13-17-32(2)54-45)30-35(29-33)49-55-48(40-22-14-20-38-36-18-8-10-24-42(36)51(3,4)46(38)40)56-50(57(49)7)41-23-15-21-39-37-19-9-11-25-43(37)52(5,6)47(39)41/h8-10,12-24,26-31,48-50,53,55-56H,11,25H2,1-7H3. The molecule has 4 unspecified atom stereocenters. The zero-order valence-corrected chi connectivity index (χ0v) is 34.2. The maximum absolute atomic E-state index is 5.03. The molecule has 5 heteroatoms. The highest BCUT2D eigenvalue weighted by molar-refractivity contribution is 5.88. The molecule has 1 fully saturated rings. The number of nitrogens with one attached hydrogen (secondary N) is 3. The highest BCUT2D eigenvalue weighted by Crippen LogP contribution is 2.54. The molecule has 4 aromatic carbocycles. The number of rotatable bonds is 5. The summed E-state index contributed by atoms with van der Waals surface area (Å²) < 4.78 is 0. The minimum atomic E-state index is -0.154. The van der Waals surface area contributed by atoms with Gasteiger partial charge in [-0.1, -0.05) is 124 Å². The first-order valence-corrected chi connectivity index (χ1v) is 20.8. The summed E-state index contributed by atoms with van der Waals surface area (Å²) in [4.78, 5) is 7.55. The highest BCUT2D eigenvalue weighted by atomic mass is 15.4. The Morgan fingerprint density at radius 3 is 2.28 bits per heavy atom. The normalized spacial score (nSPS) is 24.0. The average molecular weight is 748 g/mol. The molecule has 1 aromatic heterocycles. The number of aryl methyl sites for hydroxylation is 1. The zero-order valence-electron chi connectivity index (χ0n) is 34.2. The monoisotopic (exact) mass is 747 g/mol. The van der Waals surface area contributed by atoms with Crippen molar-refractivity contribution in [1.82, 2.24) is 25.8 Å². The van der Waals surface area contributed by atoms with Crippen molar-refractivity contribution >= 4 is 11.3 Å². The fraction of sp³-hybridized carbons (Fsp3) is 0.288. The molecule has 5 nitrogen and oxygen atoms in total. The Bertz CT molecular complexity index is 2580. The SMILES string of the molecule is Cc1cccc(-c2cc(C3=CC=CC(C)N3)cc(C3NC(c4cccc5c4C(C)(C)c4ccccc4-5)NC(c4cccc5c4C(C)(C)C4=C5C=CCC4)N3C)c2)n1. The third-order valence-electron chi connectivity index (χ3n) is 13.4. The summed E-state index contributed by atoms with van der Waals surface area (Å²) in [5.41, 5.74) is 20.3. The van der Waals surface area contributed by atoms with Crippen LogP contribution in [0.2, 0.25) is 0 Å². The molecule has 0 radical (unpaired) electrons. The van der Waals surface area contributed by atoms with Crippen LogP contribution in [0.4, 0.5) is 0 Å². The number of hydrogen-bond donors (Lipinski definition) is 3. The van der Waals surface area contributed by atoms with E-state index in [0.29, 0.717) is 0 Å². The molecule has 0 saturated carbocycles.